The lowest BCUT2D eigenvalue weighted by atomic mass is 9.48. The van der Waals surface area contributed by atoms with Gasteiger partial charge in [0.05, 0.1) is 34.1 Å². The van der Waals surface area contributed by atoms with Gasteiger partial charge in [-0.2, -0.15) is 5.26 Å². The second kappa shape index (κ2) is 7.36. The Balaban J connectivity index is 1.18. The average molecular weight is 464 g/mol. The van der Waals surface area contributed by atoms with Crippen LogP contribution in [0, 0.1) is 34.5 Å². The number of likely N-dealkylation sites (tertiary alicyclic amines) is 1. The van der Waals surface area contributed by atoms with E-state index >= 15 is 0 Å². The van der Waals surface area contributed by atoms with Gasteiger partial charge in [-0.05, 0) is 74.5 Å². The standard InChI is InChI=1S/C25H29N5O4/c1-28-20-8-14(12-26)2-3-19(20)30(23(28)32)18-4-5-29(13-18)24(33)34-21-16-6-15-7-17(21)11-25(9-15,10-16)22(27)31/h2-3,8,15-18,21H,4-7,9-11,13H2,1H3,(H2,27,31)/t15?,16?,17?,18-,21?,25?/m0/s1. The Bertz CT molecular complexity index is 1290. The fourth-order valence-corrected chi connectivity index (χ4v) is 7.57. The van der Waals surface area contributed by atoms with E-state index in [4.69, 9.17) is 10.5 Å². The van der Waals surface area contributed by atoms with E-state index in [-0.39, 0.29) is 41.7 Å². The van der Waals surface area contributed by atoms with E-state index in [0.29, 0.717) is 36.5 Å². The SMILES string of the molecule is Cn1c(=O)n([C@H]2CCN(C(=O)OC3C4CC5CC3CC(C(N)=O)(C5)C4)C2)c2ccc(C#N)cc21. The lowest BCUT2D eigenvalue weighted by Crippen LogP contribution is -2.59. The van der Waals surface area contributed by atoms with Gasteiger partial charge in [0.2, 0.25) is 5.91 Å². The number of carbonyl (C=O) groups is 2. The van der Waals surface area contributed by atoms with E-state index in [1.165, 1.54) is 0 Å². The number of aryl methyl sites for hydroxylation is 1. The second-order valence-corrected chi connectivity index (χ2v) is 10.9. The van der Waals surface area contributed by atoms with Crippen LogP contribution in [-0.2, 0) is 16.6 Å². The van der Waals surface area contributed by atoms with Crippen LogP contribution >= 0.6 is 0 Å². The minimum absolute atomic E-state index is 0.145. The predicted octanol–water partition coefficient (Wildman–Crippen LogP) is 2.28. The third-order valence-electron chi connectivity index (χ3n) is 8.95. The summed E-state index contributed by atoms with van der Waals surface area (Å²) in [5, 5.41) is 9.20. The summed E-state index contributed by atoms with van der Waals surface area (Å²) in [5.74, 6) is 0.726. The molecule has 0 spiro atoms. The number of imidazole rings is 1. The van der Waals surface area contributed by atoms with Gasteiger partial charge in [-0.15, -0.1) is 0 Å². The smallest absolute Gasteiger partial charge is 0.410 e. The molecule has 1 aromatic heterocycles. The highest BCUT2D eigenvalue weighted by Crippen LogP contribution is 2.60. The molecule has 4 saturated carbocycles. The number of benzene rings is 1. The summed E-state index contributed by atoms with van der Waals surface area (Å²) in [6.07, 6.45) is 4.54. The minimum Gasteiger partial charge on any atom is -0.446 e. The summed E-state index contributed by atoms with van der Waals surface area (Å²) < 4.78 is 9.37. The first-order valence-electron chi connectivity index (χ1n) is 12.2. The second-order valence-electron chi connectivity index (χ2n) is 10.9. The lowest BCUT2D eigenvalue weighted by Gasteiger charge is -2.58. The molecule has 7 rings (SSSR count). The van der Waals surface area contributed by atoms with Crippen molar-refractivity contribution in [2.45, 2.75) is 50.7 Å². The quantitative estimate of drug-likeness (QED) is 0.748. The van der Waals surface area contributed by atoms with E-state index in [2.05, 4.69) is 6.07 Å². The first kappa shape index (κ1) is 21.3. The topological polar surface area (TPSA) is 123 Å². The van der Waals surface area contributed by atoms with Gasteiger partial charge in [0.15, 0.2) is 0 Å². The van der Waals surface area contributed by atoms with Crippen LogP contribution in [0.15, 0.2) is 23.0 Å². The molecule has 2 N–H and O–H groups in total. The van der Waals surface area contributed by atoms with Crippen molar-refractivity contribution < 1.29 is 14.3 Å². The van der Waals surface area contributed by atoms with Crippen LogP contribution in [0.2, 0.25) is 0 Å². The van der Waals surface area contributed by atoms with Crippen LogP contribution in [0.5, 0.6) is 0 Å². The number of fused-ring (bicyclic) bond motifs is 1. The number of ether oxygens (including phenoxy) is 1. The van der Waals surface area contributed by atoms with Crippen LogP contribution in [-0.4, -0.2) is 45.2 Å². The minimum atomic E-state index is -0.404. The summed E-state index contributed by atoms with van der Waals surface area (Å²) in [7, 11) is 1.70. The zero-order valence-corrected chi connectivity index (χ0v) is 19.3. The van der Waals surface area contributed by atoms with E-state index in [1.54, 1.807) is 39.3 Å². The van der Waals surface area contributed by atoms with Crippen molar-refractivity contribution in [2.75, 3.05) is 13.1 Å². The monoisotopic (exact) mass is 463 g/mol. The van der Waals surface area contributed by atoms with Gasteiger partial charge in [0.25, 0.3) is 0 Å². The van der Waals surface area contributed by atoms with Crippen LogP contribution in [0.25, 0.3) is 11.0 Å². The number of aromatic nitrogens is 2. The fourth-order valence-electron chi connectivity index (χ4n) is 7.57. The molecule has 2 amide bonds. The molecule has 2 heterocycles. The van der Waals surface area contributed by atoms with Crippen molar-refractivity contribution >= 4 is 23.0 Å². The number of nitrogens with zero attached hydrogens (tertiary/aromatic N) is 4. The largest absolute Gasteiger partial charge is 0.446 e. The molecule has 3 atom stereocenters. The zero-order valence-electron chi connectivity index (χ0n) is 19.3. The van der Waals surface area contributed by atoms with Crippen molar-refractivity contribution in [3.63, 3.8) is 0 Å². The molecule has 9 nitrogen and oxygen atoms in total. The summed E-state index contributed by atoms with van der Waals surface area (Å²) in [5.41, 5.74) is 7.21. The van der Waals surface area contributed by atoms with E-state index in [9.17, 15) is 19.6 Å². The number of amides is 2. The number of carbonyl (C=O) groups excluding carboxylic acids is 2. The van der Waals surface area contributed by atoms with Crippen molar-refractivity contribution in [1.82, 2.24) is 14.0 Å². The van der Waals surface area contributed by atoms with Crippen molar-refractivity contribution in [3.05, 3.63) is 34.2 Å². The number of rotatable bonds is 3. The lowest BCUT2D eigenvalue weighted by molar-refractivity contribution is -0.161. The first-order chi connectivity index (χ1) is 16.3. The number of nitrogens with two attached hydrogens (primary N) is 1. The van der Waals surface area contributed by atoms with Gasteiger partial charge >= 0.3 is 11.8 Å². The zero-order chi connectivity index (χ0) is 23.8. The van der Waals surface area contributed by atoms with Crippen LogP contribution in [0.3, 0.4) is 0 Å². The molecule has 5 fully saturated rings. The molecule has 2 unspecified atom stereocenters. The first-order valence-corrected chi connectivity index (χ1v) is 12.2. The Labute approximate surface area is 197 Å². The summed E-state index contributed by atoms with van der Waals surface area (Å²) in [6.45, 7) is 0.937. The maximum atomic E-state index is 13.1. The highest BCUT2D eigenvalue weighted by atomic mass is 16.6. The van der Waals surface area contributed by atoms with Gasteiger partial charge in [-0.3, -0.25) is 13.9 Å². The number of nitriles is 1. The Hall–Kier alpha value is -3.28. The number of hydrogen-bond donors (Lipinski definition) is 1. The number of hydrogen-bond acceptors (Lipinski definition) is 5. The van der Waals surface area contributed by atoms with Crippen molar-refractivity contribution in [2.24, 2.45) is 36.0 Å². The van der Waals surface area contributed by atoms with Gasteiger partial charge in [-0.1, -0.05) is 0 Å². The third kappa shape index (κ3) is 3.00. The molecular weight excluding hydrogens is 434 g/mol. The molecule has 5 aliphatic rings. The van der Waals surface area contributed by atoms with E-state index in [0.717, 1.165) is 37.6 Å². The maximum absolute atomic E-state index is 13.1. The van der Waals surface area contributed by atoms with Crippen molar-refractivity contribution in [3.8, 4) is 6.07 Å². The van der Waals surface area contributed by atoms with Gasteiger partial charge < -0.3 is 15.4 Å². The highest BCUT2D eigenvalue weighted by Gasteiger charge is 2.59. The molecule has 1 aliphatic heterocycles. The van der Waals surface area contributed by atoms with Crippen LogP contribution in [0.4, 0.5) is 4.79 Å². The molecule has 178 valence electrons. The molecule has 1 saturated heterocycles. The van der Waals surface area contributed by atoms with E-state index in [1.807, 2.05) is 0 Å². The molecule has 2 aromatic rings. The Morgan fingerprint density at radius 1 is 1.18 bits per heavy atom. The molecule has 4 aliphatic carbocycles. The maximum Gasteiger partial charge on any atom is 0.410 e. The average Bonchev–Trinajstić information content (AvgIpc) is 3.38. The summed E-state index contributed by atoms with van der Waals surface area (Å²) in [4.78, 5) is 40.0. The normalized spacial score (nSPS) is 33.9. The predicted molar refractivity (Wildman–Crippen MR) is 123 cm³/mol. The van der Waals surface area contributed by atoms with Gasteiger partial charge in [0, 0.05) is 20.1 Å². The van der Waals surface area contributed by atoms with Gasteiger partial charge in [-0.25, -0.2) is 9.59 Å². The molecule has 0 radical (unpaired) electrons. The third-order valence-corrected chi connectivity index (χ3v) is 8.95. The highest BCUT2D eigenvalue weighted by molar-refractivity contribution is 5.81. The Morgan fingerprint density at radius 3 is 2.59 bits per heavy atom. The molecule has 9 heteroatoms. The molecule has 34 heavy (non-hydrogen) atoms. The summed E-state index contributed by atoms with van der Waals surface area (Å²) >= 11 is 0. The molecular formula is C25H29N5O4. The fraction of sp³-hybridized carbons (Fsp3) is 0.600. The molecule has 1 aromatic carbocycles. The Kier molecular flexibility index (Phi) is 4.60. The van der Waals surface area contributed by atoms with Crippen LogP contribution in [0.1, 0.15) is 50.1 Å². The molecule has 4 bridgehead atoms. The van der Waals surface area contributed by atoms with E-state index < -0.39 is 5.41 Å². The summed E-state index contributed by atoms with van der Waals surface area (Å²) in [6, 6.07) is 7.21. The Morgan fingerprint density at radius 2 is 1.91 bits per heavy atom. The van der Waals surface area contributed by atoms with Crippen LogP contribution < -0.4 is 11.4 Å². The van der Waals surface area contributed by atoms with Gasteiger partial charge in [0.1, 0.15) is 6.10 Å². The number of primary amides is 1. The van der Waals surface area contributed by atoms with Crippen molar-refractivity contribution in [1.29, 1.82) is 5.26 Å².